The summed E-state index contributed by atoms with van der Waals surface area (Å²) in [5, 5.41) is 23.2. The van der Waals surface area contributed by atoms with Crippen molar-refractivity contribution in [3.05, 3.63) is 50.1 Å². The van der Waals surface area contributed by atoms with E-state index in [0.29, 0.717) is 11.1 Å². The van der Waals surface area contributed by atoms with Crippen LogP contribution in [0, 0.1) is 22.7 Å². The smallest absolute Gasteiger partial charge is 0.101 e. The van der Waals surface area contributed by atoms with Crippen molar-refractivity contribution in [3.63, 3.8) is 0 Å². The van der Waals surface area contributed by atoms with Gasteiger partial charge in [0.2, 0.25) is 0 Å². The average Bonchev–Trinajstić information content (AvgIpc) is 2.85. The quantitative estimate of drug-likeness (QED) is 0.905. The number of nitrogens with one attached hydrogen (secondary N) is 1. The molecule has 1 heterocycles. The molecular formula is C14H10BrN3S. The molecule has 2 rings (SSSR count). The zero-order valence-electron chi connectivity index (χ0n) is 10.1. The molecule has 1 aromatic heterocycles. The van der Waals surface area contributed by atoms with Crippen molar-refractivity contribution in [2.24, 2.45) is 0 Å². The number of rotatable bonds is 3. The van der Waals surface area contributed by atoms with Crippen molar-refractivity contribution in [2.45, 2.75) is 13.0 Å². The minimum Gasteiger partial charge on any atom is -0.378 e. The third-order valence-electron chi connectivity index (χ3n) is 2.68. The zero-order chi connectivity index (χ0) is 13.8. The second kappa shape index (κ2) is 5.88. The topological polar surface area (TPSA) is 59.6 Å². The Hall–Kier alpha value is -1.82. The zero-order valence-corrected chi connectivity index (χ0v) is 12.5. The van der Waals surface area contributed by atoms with Gasteiger partial charge in [-0.15, -0.1) is 11.3 Å². The van der Waals surface area contributed by atoms with Crippen LogP contribution in [0.1, 0.15) is 29.0 Å². The van der Waals surface area contributed by atoms with E-state index in [1.165, 1.54) is 4.88 Å². The fourth-order valence-corrected chi connectivity index (χ4v) is 3.48. The molecule has 0 fully saturated rings. The Morgan fingerprint density at radius 1 is 1.21 bits per heavy atom. The Bertz CT molecular complexity index is 679. The first-order chi connectivity index (χ1) is 9.15. The highest BCUT2D eigenvalue weighted by atomic mass is 79.9. The molecule has 0 saturated carbocycles. The molecule has 0 aliphatic heterocycles. The largest absolute Gasteiger partial charge is 0.378 e. The lowest BCUT2D eigenvalue weighted by Gasteiger charge is -2.15. The van der Waals surface area contributed by atoms with Crippen molar-refractivity contribution in [1.29, 1.82) is 10.5 Å². The Balaban J connectivity index is 2.23. The first-order valence-electron chi connectivity index (χ1n) is 5.59. The SMILES string of the molecule is CC(Nc1ccc(C#N)c(C#N)c1)c1sccc1Br. The van der Waals surface area contributed by atoms with Gasteiger partial charge in [0.15, 0.2) is 0 Å². The first-order valence-corrected chi connectivity index (χ1v) is 7.26. The Kier molecular flexibility index (Phi) is 4.21. The molecule has 0 aliphatic rings. The van der Waals surface area contributed by atoms with Crippen LogP contribution in [0.3, 0.4) is 0 Å². The normalized spacial score (nSPS) is 11.4. The van der Waals surface area contributed by atoms with Gasteiger partial charge in [0.1, 0.15) is 12.1 Å². The van der Waals surface area contributed by atoms with Gasteiger partial charge in [-0.25, -0.2) is 0 Å². The van der Waals surface area contributed by atoms with Crippen LogP contribution in [0.4, 0.5) is 5.69 Å². The molecule has 1 atom stereocenters. The lowest BCUT2D eigenvalue weighted by Crippen LogP contribution is -2.05. The predicted octanol–water partition coefficient (Wildman–Crippen LogP) is 4.43. The molecule has 0 aliphatic carbocycles. The second-order valence-corrected chi connectivity index (χ2v) is 5.78. The molecule has 1 unspecified atom stereocenters. The van der Waals surface area contributed by atoms with Crippen LogP contribution in [0.15, 0.2) is 34.1 Å². The van der Waals surface area contributed by atoms with Crippen molar-refractivity contribution < 1.29 is 0 Å². The summed E-state index contributed by atoms with van der Waals surface area (Å²) in [4.78, 5) is 1.20. The number of benzene rings is 1. The second-order valence-electron chi connectivity index (χ2n) is 3.98. The fourth-order valence-electron chi connectivity index (χ4n) is 1.75. The van der Waals surface area contributed by atoms with E-state index in [2.05, 4.69) is 28.2 Å². The van der Waals surface area contributed by atoms with Gasteiger partial charge in [-0.3, -0.25) is 0 Å². The molecular weight excluding hydrogens is 322 g/mol. The summed E-state index contributed by atoms with van der Waals surface area (Å²) in [7, 11) is 0. The van der Waals surface area contributed by atoms with Gasteiger partial charge >= 0.3 is 0 Å². The number of thiophene rings is 1. The van der Waals surface area contributed by atoms with E-state index in [1.54, 1.807) is 23.5 Å². The summed E-state index contributed by atoms with van der Waals surface area (Å²) >= 11 is 5.17. The van der Waals surface area contributed by atoms with E-state index in [4.69, 9.17) is 10.5 Å². The summed E-state index contributed by atoms with van der Waals surface area (Å²) < 4.78 is 1.08. The van der Waals surface area contributed by atoms with Gasteiger partial charge in [-0.05, 0) is 52.5 Å². The van der Waals surface area contributed by atoms with E-state index >= 15 is 0 Å². The molecule has 0 saturated heterocycles. The molecule has 94 valence electrons. The molecule has 0 amide bonds. The maximum Gasteiger partial charge on any atom is 0.101 e. The summed E-state index contributed by atoms with van der Waals surface area (Å²) in [6, 6.07) is 11.4. The van der Waals surface area contributed by atoms with Crippen LogP contribution in [0.2, 0.25) is 0 Å². The number of nitrogens with zero attached hydrogens (tertiary/aromatic N) is 2. The van der Waals surface area contributed by atoms with E-state index in [-0.39, 0.29) is 6.04 Å². The number of hydrogen-bond donors (Lipinski definition) is 1. The first kappa shape index (κ1) is 13.6. The molecule has 1 aromatic carbocycles. The Labute approximate surface area is 124 Å². The summed E-state index contributed by atoms with van der Waals surface area (Å²) in [6.45, 7) is 2.06. The highest BCUT2D eigenvalue weighted by Gasteiger charge is 2.11. The van der Waals surface area contributed by atoms with Crippen LogP contribution in [0.5, 0.6) is 0 Å². The minimum absolute atomic E-state index is 0.133. The standard InChI is InChI=1S/C14H10BrN3S/c1-9(14-13(15)4-5-19-14)18-12-3-2-10(7-16)11(6-12)8-17/h2-6,9,18H,1H3. The number of anilines is 1. The maximum atomic E-state index is 9.00. The maximum absolute atomic E-state index is 9.00. The molecule has 0 radical (unpaired) electrons. The highest BCUT2D eigenvalue weighted by Crippen LogP contribution is 2.31. The number of nitriles is 2. The Morgan fingerprint density at radius 2 is 1.95 bits per heavy atom. The predicted molar refractivity (Wildman–Crippen MR) is 79.9 cm³/mol. The third kappa shape index (κ3) is 2.96. The fraction of sp³-hybridized carbons (Fsp3) is 0.143. The molecule has 3 nitrogen and oxygen atoms in total. The molecule has 0 spiro atoms. The summed E-state index contributed by atoms with van der Waals surface area (Å²) in [6.07, 6.45) is 0. The lowest BCUT2D eigenvalue weighted by molar-refractivity contribution is 0.903. The van der Waals surface area contributed by atoms with Crippen LogP contribution in [-0.4, -0.2) is 0 Å². The number of halogens is 1. The Morgan fingerprint density at radius 3 is 2.53 bits per heavy atom. The van der Waals surface area contributed by atoms with Gasteiger partial charge in [0.25, 0.3) is 0 Å². The highest BCUT2D eigenvalue weighted by molar-refractivity contribution is 9.10. The third-order valence-corrected chi connectivity index (χ3v) is 4.74. The molecule has 5 heteroatoms. The molecule has 19 heavy (non-hydrogen) atoms. The average molecular weight is 332 g/mol. The van der Waals surface area contributed by atoms with Crippen LogP contribution < -0.4 is 5.32 Å². The van der Waals surface area contributed by atoms with Crippen LogP contribution in [-0.2, 0) is 0 Å². The van der Waals surface area contributed by atoms with Gasteiger partial charge in [-0.2, -0.15) is 10.5 Å². The van der Waals surface area contributed by atoms with Crippen LogP contribution in [0.25, 0.3) is 0 Å². The van der Waals surface area contributed by atoms with E-state index in [1.807, 2.05) is 29.7 Å². The van der Waals surface area contributed by atoms with Crippen molar-refractivity contribution >= 4 is 33.0 Å². The van der Waals surface area contributed by atoms with Crippen molar-refractivity contribution in [2.75, 3.05) is 5.32 Å². The van der Waals surface area contributed by atoms with Crippen LogP contribution >= 0.6 is 27.3 Å². The molecule has 2 aromatic rings. The monoisotopic (exact) mass is 331 g/mol. The minimum atomic E-state index is 0.133. The van der Waals surface area contributed by atoms with E-state index < -0.39 is 0 Å². The molecule has 1 N–H and O–H groups in total. The van der Waals surface area contributed by atoms with E-state index in [0.717, 1.165) is 10.2 Å². The van der Waals surface area contributed by atoms with E-state index in [9.17, 15) is 0 Å². The summed E-state index contributed by atoms with van der Waals surface area (Å²) in [5.74, 6) is 0. The van der Waals surface area contributed by atoms with Gasteiger partial charge in [0.05, 0.1) is 17.2 Å². The van der Waals surface area contributed by atoms with Crippen molar-refractivity contribution in [1.82, 2.24) is 0 Å². The summed E-state index contributed by atoms with van der Waals surface area (Å²) in [5.41, 5.74) is 1.63. The van der Waals surface area contributed by atoms with Gasteiger partial charge in [-0.1, -0.05) is 0 Å². The lowest BCUT2D eigenvalue weighted by atomic mass is 10.1. The van der Waals surface area contributed by atoms with Gasteiger partial charge < -0.3 is 5.32 Å². The number of hydrogen-bond acceptors (Lipinski definition) is 4. The molecule has 0 bridgehead atoms. The van der Waals surface area contributed by atoms with Gasteiger partial charge in [0, 0.05) is 15.0 Å². The van der Waals surface area contributed by atoms with Crippen molar-refractivity contribution in [3.8, 4) is 12.1 Å².